The summed E-state index contributed by atoms with van der Waals surface area (Å²) in [5, 5.41) is 0. The van der Waals surface area contributed by atoms with Crippen molar-refractivity contribution in [2.75, 3.05) is 0 Å². The molecule has 0 saturated heterocycles. The number of hydrogen-bond acceptors (Lipinski definition) is 4. The van der Waals surface area contributed by atoms with Crippen LogP contribution in [0.3, 0.4) is 0 Å². The van der Waals surface area contributed by atoms with Gasteiger partial charge in [-0.25, -0.2) is 9.59 Å². The van der Waals surface area contributed by atoms with Gasteiger partial charge >= 0.3 is 11.9 Å². The summed E-state index contributed by atoms with van der Waals surface area (Å²) in [4.78, 5) is 25.4. The van der Waals surface area contributed by atoms with Gasteiger partial charge in [0.2, 0.25) is 0 Å². The van der Waals surface area contributed by atoms with Crippen molar-refractivity contribution in [1.29, 1.82) is 0 Å². The van der Waals surface area contributed by atoms with Crippen molar-refractivity contribution < 1.29 is 19.1 Å². The maximum Gasteiger partial charge on any atom is 0.339 e. The summed E-state index contributed by atoms with van der Waals surface area (Å²) in [6.07, 6.45) is 2.93. The van der Waals surface area contributed by atoms with Crippen molar-refractivity contribution in [2.45, 2.75) is 85.9 Å². The highest BCUT2D eigenvalue weighted by Gasteiger charge is 2.27. The molecule has 0 bridgehead atoms. The van der Waals surface area contributed by atoms with Gasteiger partial charge in [0.1, 0.15) is 11.2 Å². The summed E-state index contributed by atoms with van der Waals surface area (Å²) in [5.41, 5.74) is 0.169. The SMILES string of the molecule is CC(C)CCCc1cc(C(=O)OC(C)(C)C)c(C(=O)OC(C)(C)C)cc1Br. The zero-order valence-electron chi connectivity index (χ0n) is 17.9. The van der Waals surface area contributed by atoms with Crippen LogP contribution in [-0.4, -0.2) is 23.1 Å². The molecule has 5 heteroatoms. The van der Waals surface area contributed by atoms with Gasteiger partial charge in [0.25, 0.3) is 0 Å². The Morgan fingerprint density at radius 1 is 0.926 bits per heavy atom. The Balaban J connectivity index is 3.29. The molecule has 0 radical (unpaired) electrons. The predicted octanol–water partition coefficient (Wildman–Crippen LogP) is 6.34. The molecule has 1 aromatic carbocycles. The second-order valence-electron chi connectivity index (χ2n) is 9.28. The molecule has 0 saturated carbocycles. The van der Waals surface area contributed by atoms with Gasteiger partial charge in [0, 0.05) is 4.47 Å². The van der Waals surface area contributed by atoms with Crippen LogP contribution < -0.4 is 0 Å². The van der Waals surface area contributed by atoms with Crippen LogP contribution in [0.15, 0.2) is 16.6 Å². The van der Waals surface area contributed by atoms with Crippen LogP contribution >= 0.6 is 15.9 Å². The van der Waals surface area contributed by atoms with E-state index in [0.29, 0.717) is 5.92 Å². The Kier molecular flexibility index (Phi) is 8.09. The van der Waals surface area contributed by atoms with E-state index in [1.165, 1.54) is 0 Å². The molecule has 0 N–H and O–H groups in total. The standard InChI is InChI=1S/C22H33BrO4/c1-14(2)10-9-11-15-12-16(19(24)26-21(3,4)5)17(13-18(15)23)20(25)27-22(6,7)8/h12-14H,9-11H2,1-8H3. The molecule has 0 amide bonds. The third-order valence-corrected chi connectivity index (χ3v) is 4.39. The van der Waals surface area contributed by atoms with Gasteiger partial charge in [0.15, 0.2) is 0 Å². The minimum atomic E-state index is -0.648. The van der Waals surface area contributed by atoms with Gasteiger partial charge in [-0.05, 0) is 78.0 Å². The Morgan fingerprint density at radius 3 is 1.78 bits per heavy atom. The first-order valence-electron chi connectivity index (χ1n) is 9.48. The maximum atomic E-state index is 12.8. The number of ether oxygens (including phenoxy) is 2. The first kappa shape index (κ1) is 23.7. The van der Waals surface area contributed by atoms with Gasteiger partial charge in [-0.3, -0.25) is 0 Å². The minimum Gasteiger partial charge on any atom is -0.456 e. The summed E-state index contributed by atoms with van der Waals surface area (Å²) in [6.45, 7) is 15.2. The van der Waals surface area contributed by atoms with Crippen LogP contribution in [0.4, 0.5) is 0 Å². The zero-order valence-corrected chi connectivity index (χ0v) is 19.5. The van der Waals surface area contributed by atoms with E-state index in [-0.39, 0.29) is 11.1 Å². The summed E-state index contributed by atoms with van der Waals surface area (Å²) in [7, 11) is 0. The number of hydrogen-bond donors (Lipinski definition) is 0. The highest BCUT2D eigenvalue weighted by Crippen LogP contribution is 2.27. The monoisotopic (exact) mass is 440 g/mol. The van der Waals surface area contributed by atoms with Crippen LogP contribution in [-0.2, 0) is 15.9 Å². The van der Waals surface area contributed by atoms with Gasteiger partial charge in [0.05, 0.1) is 11.1 Å². The van der Waals surface area contributed by atoms with E-state index in [0.717, 1.165) is 29.3 Å². The lowest BCUT2D eigenvalue weighted by Gasteiger charge is -2.23. The highest BCUT2D eigenvalue weighted by atomic mass is 79.9. The lowest BCUT2D eigenvalue weighted by molar-refractivity contribution is 0.00185. The number of carbonyl (C=O) groups excluding carboxylic acids is 2. The number of carbonyl (C=O) groups is 2. The molecule has 4 nitrogen and oxygen atoms in total. The Hall–Kier alpha value is -1.36. The van der Waals surface area contributed by atoms with Crippen LogP contribution in [0, 0.1) is 5.92 Å². The Morgan fingerprint density at radius 2 is 1.37 bits per heavy atom. The van der Waals surface area contributed by atoms with Crippen LogP contribution in [0.5, 0.6) is 0 Å². The summed E-state index contributed by atoms with van der Waals surface area (Å²) < 4.78 is 11.8. The van der Waals surface area contributed by atoms with E-state index < -0.39 is 23.1 Å². The zero-order chi connectivity index (χ0) is 21.0. The van der Waals surface area contributed by atoms with Crippen molar-refractivity contribution >= 4 is 27.9 Å². The van der Waals surface area contributed by atoms with Crippen LogP contribution in [0.1, 0.15) is 94.5 Å². The van der Waals surface area contributed by atoms with Crippen molar-refractivity contribution in [2.24, 2.45) is 5.92 Å². The normalized spacial score (nSPS) is 12.2. The number of aryl methyl sites for hydroxylation is 1. The number of halogens is 1. The molecule has 152 valence electrons. The van der Waals surface area contributed by atoms with Crippen molar-refractivity contribution in [1.82, 2.24) is 0 Å². The molecule has 0 aliphatic carbocycles. The third-order valence-electron chi connectivity index (χ3n) is 3.65. The van der Waals surface area contributed by atoms with E-state index >= 15 is 0 Å². The lowest BCUT2D eigenvalue weighted by Crippen LogP contribution is -2.28. The van der Waals surface area contributed by atoms with Gasteiger partial charge in [-0.2, -0.15) is 0 Å². The quantitative estimate of drug-likeness (QED) is 0.484. The van der Waals surface area contributed by atoms with Crippen molar-refractivity contribution in [3.05, 3.63) is 33.3 Å². The topological polar surface area (TPSA) is 52.6 Å². The van der Waals surface area contributed by atoms with Crippen molar-refractivity contribution in [3.63, 3.8) is 0 Å². The van der Waals surface area contributed by atoms with E-state index in [9.17, 15) is 9.59 Å². The largest absolute Gasteiger partial charge is 0.456 e. The van der Waals surface area contributed by atoms with Crippen molar-refractivity contribution in [3.8, 4) is 0 Å². The van der Waals surface area contributed by atoms with Gasteiger partial charge in [-0.15, -0.1) is 0 Å². The summed E-state index contributed by atoms with van der Waals surface area (Å²) in [6, 6.07) is 3.44. The highest BCUT2D eigenvalue weighted by molar-refractivity contribution is 9.10. The second-order valence-corrected chi connectivity index (χ2v) is 10.1. The van der Waals surface area contributed by atoms with Crippen LogP contribution in [0.25, 0.3) is 0 Å². The summed E-state index contributed by atoms with van der Waals surface area (Å²) >= 11 is 3.55. The molecule has 0 aromatic heterocycles. The molecule has 0 heterocycles. The smallest absolute Gasteiger partial charge is 0.339 e. The molecule has 0 atom stereocenters. The molecule has 27 heavy (non-hydrogen) atoms. The average molecular weight is 441 g/mol. The van der Waals surface area contributed by atoms with E-state index in [1.54, 1.807) is 53.7 Å². The molecule has 0 aliphatic heterocycles. The van der Waals surface area contributed by atoms with Gasteiger partial charge in [-0.1, -0.05) is 36.2 Å². The van der Waals surface area contributed by atoms with Crippen LogP contribution in [0.2, 0.25) is 0 Å². The molecular formula is C22H33BrO4. The van der Waals surface area contributed by atoms with E-state index in [4.69, 9.17) is 9.47 Å². The van der Waals surface area contributed by atoms with Gasteiger partial charge < -0.3 is 9.47 Å². The molecule has 0 aliphatic rings. The number of rotatable bonds is 6. The first-order chi connectivity index (χ1) is 12.2. The Labute approximate surface area is 172 Å². The minimum absolute atomic E-state index is 0.221. The second kappa shape index (κ2) is 9.22. The Bertz CT molecular complexity index is 679. The molecule has 0 fully saturated rings. The fourth-order valence-electron chi connectivity index (χ4n) is 2.51. The molecule has 0 spiro atoms. The lowest BCUT2D eigenvalue weighted by atomic mass is 9.98. The fourth-order valence-corrected chi connectivity index (χ4v) is 3.06. The molecule has 1 rings (SSSR count). The number of esters is 2. The predicted molar refractivity (Wildman–Crippen MR) is 112 cm³/mol. The molecule has 1 aromatic rings. The number of benzene rings is 1. The third kappa shape index (κ3) is 8.46. The average Bonchev–Trinajstić information content (AvgIpc) is 2.44. The molecular weight excluding hydrogens is 408 g/mol. The van der Waals surface area contributed by atoms with E-state index in [2.05, 4.69) is 29.8 Å². The maximum absolute atomic E-state index is 12.8. The summed E-state index contributed by atoms with van der Waals surface area (Å²) in [5.74, 6) is -0.422. The fraction of sp³-hybridized carbons (Fsp3) is 0.636. The molecule has 0 unspecified atom stereocenters. The van der Waals surface area contributed by atoms with E-state index in [1.807, 2.05) is 0 Å². The first-order valence-corrected chi connectivity index (χ1v) is 10.3.